The van der Waals surface area contributed by atoms with Crippen LogP contribution in [0, 0.1) is 11.7 Å². The average Bonchev–Trinajstić information content (AvgIpc) is 2.76. The first-order valence-electron chi connectivity index (χ1n) is 10.7. The van der Waals surface area contributed by atoms with Gasteiger partial charge in [-0.15, -0.1) is 0 Å². The van der Waals surface area contributed by atoms with Crippen LogP contribution >= 0.6 is 0 Å². The van der Waals surface area contributed by atoms with E-state index < -0.39 is 6.11 Å². The lowest BCUT2D eigenvalue weighted by molar-refractivity contribution is -0.207. The van der Waals surface area contributed by atoms with Crippen molar-refractivity contribution in [3.63, 3.8) is 0 Å². The normalized spacial score (nSPS) is 18.7. The Balaban J connectivity index is 1.97. The molecule has 0 aliphatic carbocycles. The summed E-state index contributed by atoms with van der Waals surface area (Å²) >= 11 is 0. The Hall–Kier alpha value is -3.25. The Bertz CT molecular complexity index is 1130. The first kappa shape index (κ1) is 24.4. The highest BCUT2D eigenvalue weighted by Gasteiger charge is 2.25. The van der Waals surface area contributed by atoms with Crippen molar-refractivity contribution in [2.45, 2.75) is 39.9 Å². The molecule has 0 fully saturated rings. The third-order valence-corrected chi connectivity index (χ3v) is 5.26. The zero-order valence-corrected chi connectivity index (χ0v) is 18.8. The van der Waals surface area contributed by atoms with Gasteiger partial charge in [-0.2, -0.15) is 8.78 Å². The molecule has 1 aliphatic rings. The van der Waals surface area contributed by atoms with Gasteiger partial charge in [-0.3, -0.25) is 9.79 Å². The SMILES string of the molecule is C/C=C/C(F)(F)OCc1ccc(C2=C/C(C(C)=O)=C/CC(C)C(c3cccc(F)c3)=N2)cc1. The minimum absolute atomic E-state index is 0.0497. The molecule has 3 rings (SSSR count). The minimum atomic E-state index is -3.34. The van der Waals surface area contributed by atoms with Crippen LogP contribution in [0.25, 0.3) is 5.70 Å². The van der Waals surface area contributed by atoms with E-state index in [1.165, 1.54) is 32.1 Å². The highest BCUT2D eigenvalue weighted by Crippen LogP contribution is 2.27. The average molecular weight is 454 g/mol. The smallest absolute Gasteiger partial charge is 0.312 e. The second-order valence-electron chi connectivity index (χ2n) is 7.94. The van der Waals surface area contributed by atoms with Gasteiger partial charge in [0.25, 0.3) is 0 Å². The number of allylic oxidation sites excluding steroid dienone is 4. The maximum atomic E-state index is 13.9. The molecular formula is C27H26F3NO2. The number of nitrogens with zero attached hydrogens (tertiary/aromatic N) is 1. The number of aliphatic imine (C=N–C) groups is 1. The molecule has 1 aliphatic heterocycles. The van der Waals surface area contributed by atoms with Crippen molar-refractivity contribution in [1.82, 2.24) is 0 Å². The predicted molar refractivity (Wildman–Crippen MR) is 124 cm³/mol. The number of carbonyl (C=O) groups is 1. The molecule has 0 radical (unpaired) electrons. The molecule has 0 bridgehead atoms. The third-order valence-electron chi connectivity index (χ3n) is 5.26. The fourth-order valence-electron chi connectivity index (χ4n) is 3.48. The van der Waals surface area contributed by atoms with Gasteiger partial charge in [0.2, 0.25) is 0 Å². The van der Waals surface area contributed by atoms with Crippen molar-refractivity contribution in [3.8, 4) is 0 Å². The van der Waals surface area contributed by atoms with Gasteiger partial charge in [0.05, 0.1) is 18.0 Å². The van der Waals surface area contributed by atoms with Crippen molar-refractivity contribution >= 4 is 17.2 Å². The molecule has 0 N–H and O–H groups in total. The first-order chi connectivity index (χ1) is 15.7. The lowest BCUT2D eigenvalue weighted by Crippen LogP contribution is -2.17. The van der Waals surface area contributed by atoms with Crippen molar-refractivity contribution in [2.24, 2.45) is 10.9 Å². The molecule has 33 heavy (non-hydrogen) atoms. The molecule has 2 aromatic carbocycles. The van der Waals surface area contributed by atoms with Crippen molar-refractivity contribution in [1.29, 1.82) is 0 Å². The summed E-state index contributed by atoms with van der Waals surface area (Å²) in [6.07, 6.45) is 2.76. The van der Waals surface area contributed by atoms with E-state index in [9.17, 15) is 18.0 Å². The number of carbonyl (C=O) groups excluding carboxylic acids is 1. The zero-order valence-electron chi connectivity index (χ0n) is 18.8. The number of benzene rings is 2. The van der Waals surface area contributed by atoms with E-state index in [0.717, 1.165) is 0 Å². The van der Waals surface area contributed by atoms with Crippen molar-refractivity contribution in [2.75, 3.05) is 0 Å². The van der Waals surface area contributed by atoms with E-state index in [1.54, 1.807) is 42.5 Å². The Kier molecular flexibility index (Phi) is 7.82. The Morgan fingerprint density at radius 2 is 1.91 bits per heavy atom. The van der Waals surface area contributed by atoms with Gasteiger partial charge in [-0.1, -0.05) is 55.5 Å². The molecule has 0 saturated heterocycles. The molecule has 1 heterocycles. The summed E-state index contributed by atoms with van der Waals surface area (Å²) in [5.74, 6) is -0.485. The topological polar surface area (TPSA) is 38.7 Å². The highest BCUT2D eigenvalue weighted by atomic mass is 19.3. The summed E-state index contributed by atoms with van der Waals surface area (Å²) < 4.78 is 45.6. The molecule has 3 nitrogen and oxygen atoms in total. The molecule has 0 saturated carbocycles. The number of hydrogen-bond acceptors (Lipinski definition) is 3. The van der Waals surface area contributed by atoms with Gasteiger partial charge < -0.3 is 4.74 Å². The number of alkyl halides is 2. The van der Waals surface area contributed by atoms with Crippen LogP contribution in [0.15, 0.2) is 83.4 Å². The number of rotatable bonds is 7. The fourth-order valence-corrected chi connectivity index (χ4v) is 3.48. The lowest BCUT2D eigenvalue weighted by Gasteiger charge is -2.18. The predicted octanol–water partition coefficient (Wildman–Crippen LogP) is 6.90. The Labute approximate surface area is 192 Å². The quantitative estimate of drug-likeness (QED) is 0.428. The number of halogens is 3. The van der Waals surface area contributed by atoms with Crippen LogP contribution in [0.1, 0.15) is 43.9 Å². The van der Waals surface area contributed by atoms with E-state index in [4.69, 9.17) is 4.99 Å². The van der Waals surface area contributed by atoms with E-state index >= 15 is 0 Å². The summed E-state index contributed by atoms with van der Waals surface area (Å²) in [5, 5.41) is 0. The van der Waals surface area contributed by atoms with Crippen LogP contribution in [0.5, 0.6) is 0 Å². The Morgan fingerprint density at radius 3 is 2.55 bits per heavy atom. The number of Topliss-reactive ketones (excluding diaryl/α,β-unsaturated/α-hetero) is 1. The van der Waals surface area contributed by atoms with Crippen LogP contribution in [0.2, 0.25) is 0 Å². The second kappa shape index (κ2) is 10.6. The molecule has 1 unspecified atom stereocenters. The van der Waals surface area contributed by atoms with E-state index in [0.29, 0.717) is 46.2 Å². The van der Waals surface area contributed by atoms with Crippen LogP contribution in [-0.2, 0) is 16.1 Å². The summed E-state index contributed by atoms with van der Waals surface area (Å²) in [5.41, 5.74) is 3.72. The molecule has 172 valence electrons. The van der Waals surface area contributed by atoms with Gasteiger partial charge in [0.1, 0.15) is 5.82 Å². The lowest BCUT2D eigenvalue weighted by atomic mass is 9.91. The third kappa shape index (κ3) is 6.62. The highest BCUT2D eigenvalue weighted by molar-refractivity contribution is 6.06. The molecule has 1 atom stereocenters. The summed E-state index contributed by atoms with van der Waals surface area (Å²) in [6, 6.07) is 13.1. The minimum Gasteiger partial charge on any atom is -0.312 e. The molecule has 2 aromatic rings. The molecule has 0 amide bonds. The first-order valence-corrected chi connectivity index (χ1v) is 10.7. The van der Waals surface area contributed by atoms with Crippen LogP contribution in [0.3, 0.4) is 0 Å². The maximum absolute atomic E-state index is 13.9. The summed E-state index contributed by atoms with van der Waals surface area (Å²) in [6.45, 7) is 4.71. The molecule has 0 aromatic heterocycles. The number of hydrogen-bond donors (Lipinski definition) is 0. The van der Waals surface area contributed by atoms with Crippen LogP contribution in [0.4, 0.5) is 13.2 Å². The maximum Gasteiger partial charge on any atom is 0.376 e. The molecular weight excluding hydrogens is 427 g/mol. The van der Waals surface area contributed by atoms with E-state index in [-0.39, 0.29) is 24.1 Å². The zero-order chi connectivity index (χ0) is 24.0. The summed E-state index contributed by atoms with van der Waals surface area (Å²) in [4.78, 5) is 17.0. The standard InChI is InChI=1S/C27H26F3NO2/c1-4-14-27(29,30)33-17-20-9-12-21(13-10-20)25-16-22(19(3)32)11-8-18(2)26(31-25)23-6-5-7-24(28)15-23/h4-7,9-16,18H,8,17H2,1-3H3/b14-4+,22-11-,25-16?,31-26?. The van der Waals surface area contributed by atoms with Gasteiger partial charge in [0.15, 0.2) is 5.78 Å². The van der Waals surface area contributed by atoms with E-state index in [1.807, 2.05) is 13.0 Å². The molecule has 6 heteroatoms. The second-order valence-corrected chi connectivity index (χ2v) is 7.94. The van der Waals surface area contributed by atoms with Gasteiger partial charge in [0, 0.05) is 23.1 Å². The Morgan fingerprint density at radius 1 is 1.18 bits per heavy atom. The monoisotopic (exact) mass is 453 g/mol. The van der Waals surface area contributed by atoms with Crippen LogP contribution in [-0.4, -0.2) is 17.6 Å². The van der Waals surface area contributed by atoms with Crippen molar-refractivity contribution in [3.05, 3.63) is 101 Å². The largest absolute Gasteiger partial charge is 0.376 e. The van der Waals surface area contributed by atoms with E-state index in [2.05, 4.69) is 4.74 Å². The van der Waals surface area contributed by atoms with Gasteiger partial charge in [-0.05, 0) is 49.6 Å². The van der Waals surface area contributed by atoms with Crippen molar-refractivity contribution < 1.29 is 22.7 Å². The van der Waals surface area contributed by atoms with Crippen LogP contribution < -0.4 is 0 Å². The van der Waals surface area contributed by atoms with Gasteiger partial charge >= 0.3 is 6.11 Å². The number of ketones is 1. The number of ether oxygens (including phenoxy) is 1. The summed E-state index contributed by atoms with van der Waals surface area (Å²) in [7, 11) is 0. The fraction of sp³-hybridized carbons (Fsp3) is 0.259. The van der Waals surface area contributed by atoms with Gasteiger partial charge in [-0.25, -0.2) is 4.39 Å². The molecule has 0 spiro atoms.